The lowest BCUT2D eigenvalue weighted by Gasteiger charge is -2.33. The maximum Gasteiger partial charge on any atom is 0.312 e. The van der Waals surface area contributed by atoms with Crippen molar-refractivity contribution in [3.05, 3.63) is 33.8 Å². The number of nitrogens with two attached hydrogens (primary N) is 1. The monoisotopic (exact) mass is 345 g/mol. The summed E-state index contributed by atoms with van der Waals surface area (Å²) in [5, 5.41) is 3.33. The fraction of sp³-hybridized carbons (Fsp3) is 0.429. The number of amides is 3. The van der Waals surface area contributed by atoms with E-state index in [1.54, 1.807) is 17.0 Å². The van der Waals surface area contributed by atoms with Crippen LogP contribution in [0.25, 0.3) is 0 Å². The zero-order valence-electron chi connectivity index (χ0n) is 11.9. The van der Waals surface area contributed by atoms with E-state index < -0.39 is 6.03 Å². The molecule has 1 aromatic rings. The van der Waals surface area contributed by atoms with Crippen molar-refractivity contribution in [2.75, 3.05) is 26.2 Å². The molecule has 0 aliphatic carbocycles. The molecule has 3 amide bonds. The molecule has 120 valence electrons. The maximum atomic E-state index is 12.1. The normalized spacial score (nSPS) is 18.1. The summed E-state index contributed by atoms with van der Waals surface area (Å²) in [5.74, 6) is -0.0536. The lowest BCUT2D eigenvalue weighted by molar-refractivity contribution is -0.138. The van der Waals surface area contributed by atoms with Gasteiger partial charge in [0.15, 0.2) is 0 Å². The summed E-state index contributed by atoms with van der Waals surface area (Å²) in [5.41, 5.74) is 5.84. The van der Waals surface area contributed by atoms with Crippen LogP contribution in [0.5, 0.6) is 0 Å². The van der Waals surface area contributed by atoms with Gasteiger partial charge in [0.1, 0.15) is 6.10 Å². The molecule has 2 rings (SSSR count). The predicted molar refractivity (Wildman–Crippen MR) is 83.9 cm³/mol. The van der Waals surface area contributed by atoms with E-state index >= 15 is 0 Å². The molecule has 1 fully saturated rings. The largest absolute Gasteiger partial charge is 0.370 e. The summed E-state index contributed by atoms with van der Waals surface area (Å²) in [4.78, 5) is 24.4. The van der Waals surface area contributed by atoms with Crippen LogP contribution in [0.1, 0.15) is 18.1 Å². The molecule has 0 saturated carbocycles. The summed E-state index contributed by atoms with van der Waals surface area (Å²) in [6, 6.07) is 4.65. The van der Waals surface area contributed by atoms with Crippen LogP contribution < -0.4 is 11.1 Å². The highest BCUT2D eigenvalue weighted by Crippen LogP contribution is 2.29. The van der Waals surface area contributed by atoms with Crippen LogP contribution in [0, 0.1) is 0 Å². The van der Waals surface area contributed by atoms with Crippen molar-refractivity contribution < 1.29 is 14.3 Å². The van der Waals surface area contributed by atoms with Crippen molar-refractivity contribution in [2.24, 2.45) is 5.73 Å². The first-order valence-corrected chi connectivity index (χ1v) is 7.60. The van der Waals surface area contributed by atoms with Gasteiger partial charge in [-0.1, -0.05) is 29.3 Å². The minimum Gasteiger partial charge on any atom is -0.370 e. The number of morpholine rings is 1. The zero-order chi connectivity index (χ0) is 16.1. The molecule has 3 N–H and O–H groups in total. The number of primary amides is 1. The van der Waals surface area contributed by atoms with Crippen LogP contribution in [-0.2, 0) is 9.53 Å². The maximum absolute atomic E-state index is 12.1. The minimum atomic E-state index is -0.636. The Kier molecular flexibility index (Phi) is 5.88. The first-order chi connectivity index (χ1) is 10.5. The molecule has 1 saturated heterocycles. The number of nitrogens with one attached hydrogen (secondary N) is 1. The molecule has 1 atom stereocenters. The van der Waals surface area contributed by atoms with E-state index in [4.69, 9.17) is 33.7 Å². The molecule has 0 aromatic heterocycles. The van der Waals surface area contributed by atoms with Gasteiger partial charge in [-0.2, -0.15) is 0 Å². The van der Waals surface area contributed by atoms with E-state index in [0.29, 0.717) is 29.7 Å². The Hall–Kier alpha value is -1.50. The van der Waals surface area contributed by atoms with E-state index in [1.165, 1.54) is 0 Å². The number of hydrogen-bond acceptors (Lipinski definition) is 3. The Morgan fingerprint density at radius 1 is 1.36 bits per heavy atom. The summed E-state index contributed by atoms with van der Waals surface area (Å²) in [7, 11) is 0. The summed E-state index contributed by atoms with van der Waals surface area (Å²) < 4.78 is 5.70. The second-order valence-corrected chi connectivity index (χ2v) is 5.73. The van der Waals surface area contributed by atoms with Crippen LogP contribution in [-0.4, -0.2) is 43.1 Å². The number of carbonyl (C=O) groups is 2. The van der Waals surface area contributed by atoms with Gasteiger partial charge in [-0.05, 0) is 17.7 Å². The zero-order valence-corrected chi connectivity index (χ0v) is 13.4. The van der Waals surface area contributed by atoms with Gasteiger partial charge in [-0.15, -0.1) is 0 Å². The van der Waals surface area contributed by atoms with Crippen LogP contribution in [0.15, 0.2) is 18.2 Å². The molecule has 22 heavy (non-hydrogen) atoms. The second kappa shape index (κ2) is 7.67. The van der Waals surface area contributed by atoms with Gasteiger partial charge in [-0.3, -0.25) is 4.79 Å². The van der Waals surface area contributed by atoms with E-state index in [2.05, 4.69) is 5.32 Å². The second-order valence-electron chi connectivity index (χ2n) is 4.91. The van der Waals surface area contributed by atoms with E-state index in [0.717, 1.165) is 5.56 Å². The molecule has 6 nitrogen and oxygen atoms in total. The predicted octanol–water partition coefficient (Wildman–Crippen LogP) is 1.95. The van der Waals surface area contributed by atoms with Gasteiger partial charge in [0, 0.05) is 19.5 Å². The first kappa shape index (κ1) is 16.9. The molecule has 1 unspecified atom stereocenters. The van der Waals surface area contributed by atoms with Crippen molar-refractivity contribution in [3.8, 4) is 0 Å². The highest BCUT2D eigenvalue weighted by atomic mass is 35.5. The minimum absolute atomic E-state index is 0.0536. The van der Waals surface area contributed by atoms with E-state index in [9.17, 15) is 9.59 Å². The van der Waals surface area contributed by atoms with Crippen molar-refractivity contribution in [2.45, 2.75) is 12.5 Å². The quantitative estimate of drug-likeness (QED) is 0.874. The third kappa shape index (κ3) is 4.50. The Bertz CT molecular complexity index is 568. The summed E-state index contributed by atoms with van der Waals surface area (Å²) in [6.07, 6.45) is -0.0339. The van der Waals surface area contributed by atoms with Crippen LogP contribution in [0.4, 0.5) is 4.79 Å². The topological polar surface area (TPSA) is 84.7 Å². The number of halogens is 2. The van der Waals surface area contributed by atoms with Crippen molar-refractivity contribution in [3.63, 3.8) is 0 Å². The third-order valence-electron chi connectivity index (χ3n) is 3.37. The van der Waals surface area contributed by atoms with Gasteiger partial charge in [-0.25, -0.2) is 4.79 Å². The Morgan fingerprint density at radius 2 is 2.14 bits per heavy atom. The van der Waals surface area contributed by atoms with E-state index in [-0.39, 0.29) is 25.0 Å². The number of benzene rings is 1. The average molecular weight is 346 g/mol. The molecule has 0 bridgehead atoms. The Labute approximate surface area is 138 Å². The SMILES string of the molecule is NC(=O)NCCC(=O)N1CCOC(c2ccc(Cl)c(Cl)c2)C1. The molecule has 8 heteroatoms. The lowest BCUT2D eigenvalue weighted by Crippen LogP contribution is -2.43. The van der Waals surface area contributed by atoms with Crippen LogP contribution in [0.2, 0.25) is 10.0 Å². The molecule has 0 radical (unpaired) electrons. The standard InChI is InChI=1S/C14H17Cl2N3O3/c15-10-2-1-9(7-11(10)16)12-8-19(5-6-22-12)13(20)3-4-18-14(17)21/h1-2,7,12H,3-6,8H2,(H3,17,18,21). The number of nitrogens with zero attached hydrogens (tertiary/aromatic N) is 1. The highest BCUT2D eigenvalue weighted by molar-refractivity contribution is 6.42. The fourth-order valence-corrected chi connectivity index (χ4v) is 2.55. The molecule has 1 heterocycles. The number of carbonyl (C=O) groups excluding carboxylic acids is 2. The van der Waals surface area contributed by atoms with Gasteiger partial charge in [0.2, 0.25) is 5.91 Å². The Balaban J connectivity index is 1.94. The smallest absolute Gasteiger partial charge is 0.312 e. The van der Waals surface area contributed by atoms with Gasteiger partial charge >= 0.3 is 6.03 Å². The van der Waals surface area contributed by atoms with E-state index in [1.807, 2.05) is 6.07 Å². The van der Waals surface area contributed by atoms with Gasteiger partial charge in [0.05, 0.1) is 23.2 Å². The molecule has 0 spiro atoms. The van der Waals surface area contributed by atoms with Crippen LogP contribution >= 0.6 is 23.2 Å². The highest BCUT2D eigenvalue weighted by Gasteiger charge is 2.25. The lowest BCUT2D eigenvalue weighted by atomic mass is 10.1. The molecule has 1 aliphatic rings. The molecular weight excluding hydrogens is 329 g/mol. The Morgan fingerprint density at radius 3 is 2.82 bits per heavy atom. The molecule has 1 aromatic carbocycles. The van der Waals surface area contributed by atoms with Crippen LogP contribution in [0.3, 0.4) is 0 Å². The fourth-order valence-electron chi connectivity index (χ4n) is 2.24. The van der Waals surface area contributed by atoms with Gasteiger partial charge < -0.3 is 20.7 Å². The number of ether oxygens (including phenoxy) is 1. The van der Waals surface area contributed by atoms with Crippen molar-refractivity contribution in [1.29, 1.82) is 0 Å². The third-order valence-corrected chi connectivity index (χ3v) is 4.11. The number of rotatable bonds is 4. The summed E-state index contributed by atoms with van der Waals surface area (Å²) in [6.45, 7) is 1.63. The van der Waals surface area contributed by atoms with Gasteiger partial charge in [0.25, 0.3) is 0 Å². The number of urea groups is 1. The van der Waals surface area contributed by atoms with Crippen molar-refractivity contribution in [1.82, 2.24) is 10.2 Å². The first-order valence-electron chi connectivity index (χ1n) is 6.85. The average Bonchev–Trinajstić information content (AvgIpc) is 2.49. The van der Waals surface area contributed by atoms with Crippen molar-refractivity contribution >= 4 is 35.1 Å². The molecular formula is C14H17Cl2N3O3. The number of hydrogen-bond donors (Lipinski definition) is 2. The summed E-state index contributed by atoms with van der Waals surface area (Å²) >= 11 is 11.9. The molecule has 1 aliphatic heterocycles.